The number of nitrogen functional groups attached to an aromatic ring is 1. The molecule has 0 spiro atoms. The van der Waals surface area contributed by atoms with E-state index in [1.54, 1.807) is 53.6 Å². The lowest BCUT2D eigenvalue weighted by atomic mass is 10.2. The summed E-state index contributed by atoms with van der Waals surface area (Å²) in [5.74, 6) is 0.125. The van der Waals surface area contributed by atoms with Gasteiger partial charge in [0.1, 0.15) is 0 Å². The Labute approximate surface area is 120 Å². The number of hydrogen-bond donors (Lipinski definition) is 2. The standard InChI is InChI=1S/C14H12N6O/c15-10-4-1-6-16-12(10)14(21)19-11-5-2-7-17-13(11)20-9-3-8-18-20/h1-9H,15H2,(H,19,21). The minimum atomic E-state index is -0.394. The second-order valence-corrected chi connectivity index (χ2v) is 4.22. The van der Waals surface area contributed by atoms with Crippen molar-refractivity contribution in [2.24, 2.45) is 0 Å². The highest BCUT2D eigenvalue weighted by atomic mass is 16.1. The van der Waals surface area contributed by atoms with Crippen molar-refractivity contribution in [3.05, 3.63) is 60.8 Å². The molecule has 0 unspecified atom stereocenters. The van der Waals surface area contributed by atoms with Gasteiger partial charge in [0.2, 0.25) is 0 Å². The summed E-state index contributed by atoms with van der Waals surface area (Å²) in [4.78, 5) is 20.5. The van der Waals surface area contributed by atoms with Crippen LogP contribution in [0.5, 0.6) is 0 Å². The highest BCUT2D eigenvalue weighted by molar-refractivity contribution is 6.06. The Morgan fingerprint density at radius 1 is 1.10 bits per heavy atom. The first-order chi connectivity index (χ1) is 10.3. The van der Waals surface area contributed by atoms with Crippen molar-refractivity contribution in [1.82, 2.24) is 19.7 Å². The third-order valence-electron chi connectivity index (χ3n) is 2.81. The Bertz CT molecular complexity index is 769. The van der Waals surface area contributed by atoms with Crippen LogP contribution in [0.2, 0.25) is 0 Å². The van der Waals surface area contributed by atoms with Gasteiger partial charge in [0.05, 0.1) is 11.4 Å². The van der Waals surface area contributed by atoms with Crippen molar-refractivity contribution in [3.8, 4) is 5.82 Å². The lowest BCUT2D eigenvalue weighted by Gasteiger charge is -2.10. The van der Waals surface area contributed by atoms with E-state index >= 15 is 0 Å². The molecule has 21 heavy (non-hydrogen) atoms. The van der Waals surface area contributed by atoms with E-state index in [4.69, 9.17) is 5.73 Å². The van der Waals surface area contributed by atoms with E-state index < -0.39 is 5.91 Å². The van der Waals surface area contributed by atoms with E-state index in [-0.39, 0.29) is 5.69 Å². The van der Waals surface area contributed by atoms with Crippen molar-refractivity contribution < 1.29 is 4.79 Å². The van der Waals surface area contributed by atoms with E-state index in [1.165, 1.54) is 6.20 Å². The van der Waals surface area contributed by atoms with E-state index in [9.17, 15) is 4.79 Å². The quantitative estimate of drug-likeness (QED) is 0.757. The average molecular weight is 280 g/mol. The molecule has 0 bridgehead atoms. The fraction of sp³-hybridized carbons (Fsp3) is 0. The van der Waals surface area contributed by atoms with Gasteiger partial charge in [-0.2, -0.15) is 5.10 Å². The molecule has 7 heteroatoms. The van der Waals surface area contributed by atoms with E-state index in [0.29, 0.717) is 17.2 Å². The van der Waals surface area contributed by atoms with Gasteiger partial charge in [-0.3, -0.25) is 4.79 Å². The first-order valence-electron chi connectivity index (χ1n) is 6.22. The number of aromatic nitrogens is 4. The Kier molecular flexibility index (Phi) is 3.30. The molecular weight excluding hydrogens is 268 g/mol. The Hall–Kier alpha value is -3.22. The Morgan fingerprint density at radius 3 is 2.67 bits per heavy atom. The van der Waals surface area contributed by atoms with Gasteiger partial charge >= 0.3 is 0 Å². The number of nitrogens with zero attached hydrogens (tertiary/aromatic N) is 4. The van der Waals surface area contributed by atoms with Crippen molar-refractivity contribution in [2.45, 2.75) is 0 Å². The van der Waals surface area contributed by atoms with Crippen LogP contribution in [-0.4, -0.2) is 25.7 Å². The van der Waals surface area contributed by atoms with Crippen LogP contribution >= 0.6 is 0 Å². The van der Waals surface area contributed by atoms with Crippen LogP contribution in [0.15, 0.2) is 55.1 Å². The van der Waals surface area contributed by atoms with Gasteiger partial charge in [0, 0.05) is 24.8 Å². The van der Waals surface area contributed by atoms with E-state index in [2.05, 4.69) is 20.4 Å². The Balaban J connectivity index is 1.93. The van der Waals surface area contributed by atoms with Crippen LogP contribution in [0.25, 0.3) is 5.82 Å². The maximum absolute atomic E-state index is 12.2. The number of carbonyl (C=O) groups is 1. The zero-order valence-corrected chi connectivity index (χ0v) is 11.0. The molecule has 0 aliphatic rings. The highest BCUT2D eigenvalue weighted by Gasteiger charge is 2.14. The summed E-state index contributed by atoms with van der Waals surface area (Å²) in [7, 11) is 0. The number of anilines is 2. The number of pyridine rings is 2. The van der Waals surface area contributed by atoms with Crippen LogP contribution < -0.4 is 11.1 Å². The first kappa shape index (κ1) is 12.8. The van der Waals surface area contributed by atoms with Gasteiger partial charge in [-0.25, -0.2) is 14.6 Å². The summed E-state index contributed by atoms with van der Waals surface area (Å²) in [6, 6.07) is 8.54. The molecule has 104 valence electrons. The molecule has 0 saturated carbocycles. The zero-order chi connectivity index (χ0) is 14.7. The Morgan fingerprint density at radius 2 is 1.90 bits per heavy atom. The molecular formula is C14H12N6O. The molecule has 0 atom stereocenters. The fourth-order valence-electron chi connectivity index (χ4n) is 1.86. The molecule has 3 N–H and O–H groups in total. The zero-order valence-electron chi connectivity index (χ0n) is 11.0. The molecule has 1 amide bonds. The molecule has 7 nitrogen and oxygen atoms in total. The van der Waals surface area contributed by atoms with Crippen molar-refractivity contribution in [2.75, 3.05) is 11.1 Å². The highest BCUT2D eigenvalue weighted by Crippen LogP contribution is 2.18. The third kappa shape index (κ3) is 2.57. The normalized spacial score (nSPS) is 10.3. The van der Waals surface area contributed by atoms with Crippen LogP contribution in [0.3, 0.4) is 0 Å². The molecule has 3 aromatic rings. The van der Waals surface area contributed by atoms with Crippen molar-refractivity contribution in [3.63, 3.8) is 0 Å². The van der Waals surface area contributed by atoms with E-state index in [0.717, 1.165) is 0 Å². The van der Waals surface area contributed by atoms with Crippen LogP contribution in [-0.2, 0) is 0 Å². The molecule has 0 aromatic carbocycles. The lowest BCUT2D eigenvalue weighted by molar-refractivity contribution is 0.102. The largest absolute Gasteiger partial charge is 0.397 e. The molecule has 0 fully saturated rings. The number of hydrogen-bond acceptors (Lipinski definition) is 5. The predicted octanol–water partition coefficient (Wildman–Crippen LogP) is 1.50. The monoisotopic (exact) mass is 280 g/mol. The minimum absolute atomic E-state index is 0.174. The SMILES string of the molecule is Nc1cccnc1C(=O)Nc1cccnc1-n1cccn1. The predicted molar refractivity (Wildman–Crippen MR) is 78.0 cm³/mol. The van der Waals surface area contributed by atoms with Gasteiger partial charge < -0.3 is 11.1 Å². The van der Waals surface area contributed by atoms with Gasteiger partial charge in [0.25, 0.3) is 5.91 Å². The molecule has 0 aliphatic carbocycles. The number of nitrogens with one attached hydrogen (secondary N) is 1. The minimum Gasteiger partial charge on any atom is -0.397 e. The summed E-state index contributed by atoms with van der Waals surface area (Å²) in [6.45, 7) is 0. The topological polar surface area (TPSA) is 98.7 Å². The number of carbonyl (C=O) groups excluding carboxylic acids is 1. The van der Waals surface area contributed by atoms with Crippen LogP contribution in [0, 0.1) is 0 Å². The maximum atomic E-state index is 12.2. The van der Waals surface area contributed by atoms with Crippen LogP contribution in [0.4, 0.5) is 11.4 Å². The summed E-state index contributed by atoms with van der Waals surface area (Å²) >= 11 is 0. The summed E-state index contributed by atoms with van der Waals surface area (Å²) < 4.78 is 1.57. The smallest absolute Gasteiger partial charge is 0.276 e. The number of nitrogens with two attached hydrogens (primary N) is 1. The summed E-state index contributed by atoms with van der Waals surface area (Å²) in [6.07, 6.45) is 6.52. The van der Waals surface area contributed by atoms with Crippen LogP contribution in [0.1, 0.15) is 10.5 Å². The van der Waals surface area contributed by atoms with Gasteiger partial charge in [0.15, 0.2) is 11.5 Å². The molecule has 3 heterocycles. The van der Waals surface area contributed by atoms with Crippen molar-refractivity contribution >= 4 is 17.3 Å². The van der Waals surface area contributed by atoms with Gasteiger partial charge in [-0.05, 0) is 30.3 Å². The molecule has 3 aromatic heterocycles. The number of rotatable bonds is 3. The summed E-state index contributed by atoms with van der Waals surface area (Å²) in [5.41, 5.74) is 6.77. The fourth-order valence-corrected chi connectivity index (χ4v) is 1.86. The second kappa shape index (κ2) is 5.41. The third-order valence-corrected chi connectivity index (χ3v) is 2.81. The first-order valence-corrected chi connectivity index (χ1v) is 6.22. The van der Waals surface area contributed by atoms with Gasteiger partial charge in [-0.1, -0.05) is 0 Å². The molecule has 0 radical (unpaired) electrons. The molecule has 3 rings (SSSR count). The van der Waals surface area contributed by atoms with E-state index in [1.807, 2.05) is 0 Å². The summed E-state index contributed by atoms with van der Waals surface area (Å²) in [5, 5.41) is 6.86. The average Bonchev–Trinajstić information content (AvgIpc) is 3.02. The second-order valence-electron chi connectivity index (χ2n) is 4.22. The maximum Gasteiger partial charge on any atom is 0.276 e. The lowest BCUT2D eigenvalue weighted by Crippen LogP contribution is -2.17. The van der Waals surface area contributed by atoms with Crippen molar-refractivity contribution in [1.29, 1.82) is 0 Å². The molecule has 0 aliphatic heterocycles. The molecule has 0 saturated heterocycles. The number of amides is 1. The van der Waals surface area contributed by atoms with Gasteiger partial charge in [-0.15, -0.1) is 0 Å².